The number of hydrogen-bond donors (Lipinski definition) is 0. The summed E-state index contributed by atoms with van der Waals surface area (Å²) in [6.07, 6.45) is 1.11. The summed E-state index contributed by atoms with van der Waals surface area (Å²) in [4.78, 5) is 0.896. The van der Waals surface area contributed by atoms with E-state index in [0.717, 1.165) is 22.2 Å². The summed E-state index contributed by atoms with van der Waals surface area (Å²) in [6, 6.07) is 5.31. The van der Waals surface area contributed by atoms with E-state index in [9.17, 15) is 8.78 Å². The maximum Gasteiger partial charge on any atom is 0.264 e. The largest absolute Gasteiger partial charge is 0.264 e. The van der Waals surface area contributed by atoms with Crippen molar-refractivity contribution in [1.29, 1.82) is 0 Å². The third kappa shape index (κ3) is 3.76. The zero-order chi connectivity index (χ0) is 11.3. The number of rotatable bonds is 5. The third-order valence-corrected chi connectivity index (χ3v) is 3.45. The summed E-state index contributed by atoms with van der Waals surface area (Å²) < 4.78 is 25.5. The van der Waals surface area contributed by atoms with Crippen molar-refractivity contribution in [3.8, 4) is 0 Å². The molecule has 0 aliphatic heterocycles. The number of hydrogen-bond acceptors (Lipinski definition) is 1. The van der Waals surface area contributed by atoms with Gasteiger partial charge in [-0.05, 0) is 36.8 Å². The van der Waals surface area contributed by atoms with Gasteiger partial charge in [-0.15, -0.1) is 11.8 Å². The van der Waals surface area contributed by atoms with E-state index in [-0.39, 0.29) is 5.56 Å². The lowest BCUT2D eigenvalue weighted by Crippen LogP contribution is -1.96. The van der Waals surface area contributed by atoms with Crippen molar-refractivity contribution in [2.75, 3.05) is 11.6 Å². The van der Waals surface area contributed by atoms with Crippen LogP contribution in [0.15, 0.2) is 23.1 Å². The Kier molecular flexibility index (Phi) is 5.61. The average molecular weight is 295 g/mol. The maximum atomic E-state index is 12.8. The minimum atomic E-state index is -2.37. The van der Waals surface area contributed by atoms with Crippen LogP contribution in [0.25, 0.3) is 0 Å². The van der Waals surface area contributed by atoms with E-state index in [2.05, 4.69) is 15.9 Å². The zero-order valence-electron chi connectivity index (χ0n) is 8.47. The van der Waals surface area contributed by atoms with Crippen molar-refractivity contribution in [2.45, 2.75) is 24.2 Å². The Bertz CT molecular complexity index is 315. The van der Waals surface area contributed by atoms with Crippen molar-refractivity contribution < 1.29 is 8.78 Å². The monoisotopic (exact) mass is 294 g/mol. The molecule has 0 fully saturated rings. The molecule has 0 aliphatic rings. The van der Waals surface area contributed by atoms with E-state index >= 15 is 0 Å². The van der Waals surface area contributed by atoms with E-state index in [0.29, 0.717) is 6.42 Å². The van der Waals surface area contributed by atoms with Crippen LogP contribution in [-0.4, -0.2) is 11.6 Å². The van der Waals surface area contributed by atoms with Crippen LogP contribution in [0.1, 0.15) is 24.0 Å². The molecule has 0 spiro atoms. The quantitative estimate of drug-likeness (QED) is 0.561. The summed E-state index contributed by atoms with van der Waals surface area (Å²) in [5.41, 5.74) is 0.949. The van der Waals surface area contributed by atoms with Gasteiger partial charge < -0.3 is 0 Å². The smallest absolute Gasteiger partial charge is 0.205 e. The van der Waals surface area contributed by atoms with Crippen LogP contribution in [0.4, 0.5) is 8.78 Å². The van der Waals surface area contributed by atoms with Crippen molar-refractivity contribution >= 4 is 27.7 Å². The second-order valence-electron chi connectivity index (χ2n) is 3.16. The van der Waals surface area contributed by atoms with Gasteiger partial charge in [-0.1, -0.05) is 22.0 Å². The topological polar surface area (TPSA) is 0 Å². The number of halogens is 3. The van der Waals surface area contributed by atoms with Gasteiger partial charge >= 0.3 is 0 Å². The molecule has 0 amide bonds. The van der Waals surface area contributed by atoms with Crippen LogP contribution in [-0.2, 0) is 6.42 Å². The molecule has 0 heterocycles. The van der Waals surface area contributed by atoms with Crippen molar-refractivity contribution in [1.82, 2.24) is 0 Å². The fourth-order valence-electron chi connectivity index (χ4n) is 1.39. The lowest BCUT2D eigenvalue weighted by molar-refractivity contribution is 0.150. The summed E-state index contributed by atoms with van der Waals surface area (Å²) >= 11 is 4.80. The number of benzene rings is 1. The Morgan fingerprint density at radius 3 is 2.67 bits per heavy atom. The molecule has 1 aromatic rings. The third-order valence-electron chi connectivity index (χ3n) is 2.17. The second kappa shape index (κ2) is 6.48. The Balaban J connectivity index is 2.93. The molecular weight excluding hydrogens is 282 g/mol. The van der Waals surface area contributed by atoms with E-state index in [1.165, 1.54) is 11.8 Å². The number of thioether (sulfide) groups is 1. The fourth-order valence-corrected chi connectivity index (χ4v) is 2.12. The van der Waals surface area contributed by atoms with Gasteiger partial charge in [0.2, 0.25) is 0 Å². The summed E-state index contributed by atoms with van der Waals surface area (Å²) in [5, 5.41) is 0.847. The Morgan fingerprint density at radius 2 is 2.13 bits per heavy atom. The highest BCUT2D eigenvalue weighted by molar-refractivity contribution is 9.09. The molecule has 1 rings (SSSR count). The lowest BCUT2D eigenvalue weighted by Gasteiger charge is -2.09. The first-order chi connectivity index (χ1) is 7.19. The first kappa shape index (κ1) is 13.0. The van der Waals surface area contributed by atoms with Crippen molar-refractivity contribution in [3.63, 3.8) is 0 Å². The highest BCUT2D eigenvalue weighted by atomic mass is 79.9. The average Bonchev–Trinajstić information content (AvgIpc) is 2.26. The minimum absolute atomic E-state index is 0.183. The predicted octanol–water partition coefficient (Wildman–Crippen LogP) is 4.67. The number of alkyl halides is 3. The first-order valence-electron chi connectivity index (χ1n) is 4.70. The van der Waals surface area contributed by atoms with Crippen LogP contribution in [0, 0.1) is 0 Å². The number of aryl methyl sites for hydroxylation is 1. The summed E-state index contributed by atoms with van der Waals surface area (Å²) in [6.45, 7) is 0. The van der Waals surface area contributed by atoms with E-state index in [4.69, 9.17) is 0 Å². The van der Waals surface area contributed by atoms with Gasteiger partial charge in [-0.3, -0.25) is 0 Å². The Morgan fingerprint density at radius 1 is 1.40 bits per heavy atom. The van der Waals surface area contributed by atoms with E-state index in [1.807, 2.05) is 18.4 Å². The Hall–Kier alpha value is -0.0900. The van der Waals surface area contributed by atoms with Crippen LogP contribution in [0.3, 0.4) is 0 Å². The molecule has 4 heteroatoms. The molecule has 0 atom stereocenters. The molecule has 0 saturated carbocycles. The van der Waals surface area contributed by atoms with Gasteiger partial charge in [0, 0.05) is 15.8 Å². The molecule has 0 radical (unpaired) electrons. The van der Waals surface area contributed by atoms with E-state index in [1.54, 1.807) is 6.07 Å². The lowest BCUT2D eigenvalue weighted by atomic mass is 10.0. The predicted molar refractivity (Wildman–Crippen MR) is 65.3 cm³/mol. The molecule has 0 aromatic heterocycles. The molecule has 0 aliphatic carbocycles. The van der Waals surface area contributed by atoms with E-state index < -0.39 is 6.43 Å². The molecule has 0 nitrogen and oxygen atoms in total. The zero-order valence-corrected chi connectivity index (χ0v) is 10.9. The molecule has 0 saturated heterocycles. The fraction of sp³-hybridized carbons (Fsp3) is 0.455. The van der Waals surface area contributed by atoms with Gasteiger partial charge in [0.05, 0.1) is 0 Å². The molecule has 15 heavy (non-hydrogen) atoms. The Labute approximate surface area is 102 Å². The molecular formula is C11H13BrF2S. The molecule has 1 aromatic carbocycles. The van der Waals surface area contributed by atoms with Gasteiger partial charge in [-0.25, -0.2) is 8.78 Å². The highest BCUT2D eigenvalue weighted by Crippen LogP contribution is 2.28. The minimum Gasteiger partial charge on any atom is -0.205 e. The van der Waals surface area contributed by atoms with Crippen LogP contribution in [0.5, 0.6) is 0 Å². The molecule has 0 unspecified atom stereocenters. The highest BCUT2D eigenvalue weighted by Gasteiger charge is 2.13. The van der Waals surface area contributed by atoms with Crippen molar-refractivity contribution in [2.24, 2.45) is 0 Å². The van der Waals surface area contributed by atoms with Crippen molar-refractivity contribution in [3.05, 3.63) is 29.3 Å². The molecule has 84 valence electrons. The summed E-state index contributed by atoms with van der Waals surface area (Å²) in [5.74, 6) is 0. The second-order valence-corrected chi connectivity index (χ2v) is 4.83. The molecule has 0 bridgehead atoms. The van der Waals surface area contributed by atoms with Crippen LogP contribution < -0.4 is 0 Å². The maximum absolute atomic E-state index is 12.8. The van der Waals surface area contributed by atoms with Gasteiger partial charge in [0.25, 0.3) is 6.43 Å². The molecule has 0 N–H and O–H groups in total. The van der Waals surface area contributed by atoms with Gasteiger partial charge in [0.15, 0.2) is 0 Å². The SMILES string of the molecule is CSc1ccc(CCCBr)c(C(F)F)c1. The van der Waals surface area contributed by atoms with Gasteiger partial charge in [-0.2, -0.15) is 0 Å². The first-order valence-corrected chi connectivity index (χ1v) is 7.04. The standard InChI is InChI=1S/C11H13BrF2S/c1-15-9-5-4-8(3-2-6-12)10(7-9)11(13)14/h4-5,7,11H,2-3,6H2,1H3. The normalized spacial score (nSPS) is 11.0. The van der Waals surface area contributed by atoms with Gasteiger partial charge in [0.1, 0.15) is 0 Å². The van der Waals surface area contributed by atoms with Crippen LogP contribution in [0.2, 0.25) is 0 Å². The van der Waals surface area contributed by atoms with Crippen LogP contribution >= 0.6 is 27.7 Å². The summed E-state index contributed by atoms with van der Waals surface area (Å²) in [7, 11) is 0.